The molecule has 1 unspecified atom stereocenters. The summed E-state index contributed by atoms with van der Waals surface area (Å²) in [4.78, 5) is 16.0. The summed E-state index contributed by atoms with van der Waals surface area (Å²) in [6, 6.07) is 12.8. The molecule has 0 saturated carbocycles. The second kappa shape index (κ2) is 3.90. The number of pyridine rings is 1. The van der Waals surface area contributed by atoms with Crippen molar-refractivity contribution in [3.63, 3.8) is 0 Å². The predicted octanol–water partition coefficient (Wildman–Crippen LogP) is 2.15. The summed E-state index contributed by atoms with van der Waals surface area (Å²) in [6.07, 6.45) is 0.970. The van der Waals surface area contributed by atoms with Gasteiger partial charge in [0.1, 0.15) is 5.75 Å². The van der Waals surface area contributed by atoms with Crippen molar-refractivity contribution in [3.05, 3.63) is 54.4 Å². The van der Waals surface area contributed by atoms with E-state index in [9.17, 15) is 4.79 Å². The molecular weight excluding hydrogens is 216 g/mol. The van der Waals surface area contributed by atoms with E-state index in [1.807, 2.05) is 30.3 Å². The van der Waals surface area contributed by atoms with Gasteiger partial charge in [-0.05, 0) is 24.3 Å². The molecule has 0 radical (unpaired) electrons. The van der Waals surface area contributed by atoms with E-state index in [0.29, 0.717) is 17.1 Å². The molecule has 1 atom stereocenters. The van der Waals surface area contributed by atoms with Crippen LogP contribution in [0.2, 0.25) is 0 Å². The number of nitrogens with zero attached hydrogens (tertiary/aromatic N) is 1. The Morgan fingerprint density at radius 3 is 2.76 bits per heavy atom. The van der Waals surface area contributed by atoms with Gasteiger partial charge in [-0.2, -0.15) is 0 Å². The molecule has 3 rings (SSSR count). The molecule has 84 valence electrons. The third-order valence-electron chi connectivity index (χ3n) is 2.58. The van der Waals surface area contributed by atoms with Crippen LogP contribution in [0.15, 0.2) is 48.7 Å². The Kier molecular flexibility index (Phi) is 2.26. The van der Waals surface area contributed by atoms with Gasteiger partial charge in [-0.3, -0.25) is 9.78 Å². The molecule has 1 aliphatic heterocycles. The van der Waals surface area contributed by atoms with Crippen LogP contribution in [0, 0.1) is 0 Å². The molecule has 1 amide bonds. The summed E-state index contributed by atoms with van der Waals surface area (Å²) in [7, 11) is 0. The quantitative estimate of drug-likeness (QED) is 0.810. The Labute approximate surface area is 98.3 Å². The number of ether oxygens (including phenoxy) is 1. The van der Waals surface area contributed by atoms with Crippen molar-refractivity contribution in [2.75, 3.05) is 5.32 Å². The minimum absolute atomic E-state index is 0.192. The van der Waals surface area contributed by atoms with Gasteiger partial charge in [-0.25, -0.2) is 0 Å². The number of amides is 1. The van der Waals surface area contributed by atoms with Gasteiger partial charge in [-0.15, -0.1) is 0 Å². The lowest BCUT2D eigenvalue weighted by Crippen LogP contribution is -2.30. The molecule has 0 saturated heterocycles. The highest BCUT2D eigenvalue weighted by atomic mass is 16.5. The lowest BCUT2D eigenvalue weighted by atomic mass is 10.1. The van der Waals surface area contributed by atoms with Crippen molar-refractivity contribution in [2.24, 2.45) is 0 Å². The molecule has 2 aromatic rings. The molecule has 17 heavy (non-hydrogen) atoms. The summed E-state index contributed by atoms with van der Waals surface area (Å²) < 4.78 is 5.66. The number of nitrogens with one attached hydrogen (secondary N) is 1. The average molecular weight is 226 g/mol. The van der Waals surface area contributed by atoms with E-state index in [1.54, 1.807) is 18.3 Å². The molecule has 4 nitrogen and oxygen atoms in total. The van der Waals surface area contributed by atoms with Crippen LogP contribution in [0.3, 0.4) is 0 Å². The largest absolute Gasteiger partial charge is 0.472 e. The molecule has 4 heteroatoms. The Balaban J connectivity index is 1.98. The van der Waals surface area contributed by atoms with Crippen LogP contribution in [0.4, 0.5) is 5.69 Å². The molecule has 0 fully saturated rings. The van der Waals surface area contributed by atoms with Gasteiger partial charge in [0.25, 0.3) is 5.91 Å². The van der Waals surface area contributed by atoms with Crippen LogP contribution in [-0.4, -0.2) is 10.9 Å². The molecule has 1 aliphatic rings. The smallest absolute Gasteiger partial charge is 0.271 e. The van der Waals surface area contributed by atoms with Crippen molar-refractivity contribution in [1.82, 2.24) is 4.98 Å². The minimum Gasteiger partial charge on any atom is -0.472 e. The first-order valence-corrected chi connectivity index (χ1v) is 5.32. The number of benzene rings is 1. The van der Waals surface area contributed by atoms with Crippen molar-refractivity contribution < 1.29 is 9.53 Å². The van der Waals surface area contributed by atoms with E-state index in [4.69, 9.17) is 4.74 Å². The summed E-state index contributed by atoms with van der Waals surface area (Å²) in [5, 5.41) is 2.80. The monoisotopic (exact) mass is 226 g/mol. The number of carbonyl (C=O) groups excluding carboxylic acids is 1. The van der Waals surface area contributed by atoms with Gasteiger partial charge in [0.2, 0.25) is 6.10 Å². The maximum Gasteiger partial charge on any atom is 0.271 e. The highest BCUT2D eigenvalue weighted by molar-refractivity contribution is 5.98. The van der Waals surface area contributed by atoms with Gasteiger partial charge in [0.05, 0.1) is 11.4 Å². The Morgan fingerprint density at radius 1 is 1.12 bits per heavy atom. The number of hydrogen-bond acceptors (Lipinski definition) is 3. The normalized spacial score (nSPS) is 17.9. The van der Waals surface area contributed by atoms with Crippen LogP contribution in [0.25, 0.3) is 0 Å². The third kappa shape index (κ3) is 1.73. The fourth-order valence-corrected chi connectivity index (χ4v) is 1.78. The maximum absolute atomic E-state index is 11.9. The first-order valence-electron chi connectivity index (χ1n) is 5.32. The molecule has 1 N–H and O–H groups in total. The lowest BCUT2D eigenvalue weighted by Gasteiger charge is -2.25. The minimum atomic E-state index is -0.675. The fraction of sp³-hybridized carbons (Fsp3) is 0.0769. The zero-order valence-corrected chi connectivity index (χ0v) is 8.96. The second-order valence-electron chi connectivity index (χ2n) is 3.74. The molecule has 0 bridgehead atoms. The van der Waals surface area contributed by atoms with Crippen molar-refractivity contribution in [3.8, 4) is 5.75 Å². The Hall–Kier alpha value is -2.36. The number of rotatable bonds is 1. The van der Waals surface area contributed by atoms with Crippen LogP contribution in [0.5, 0.6) is 5.75 Å². The first-order chi connectivity index (χ1) is 8.34. The molecule has 1 aromatic heterocycles. The number of anilines is 1. The van der Waals surface area contributed by atoms with Crippen molar-refractivity contribution in [1.29, 1.82) is 0 Å². The first kappa shape index (κ1) is 9.84. The standard InChI is InChI=1S/C13H10N2O2/c16-13-12(10-6-3-4-8-14-10)17-11-7-2-1-5-9(11)15-13/h1-8,12H,(H,15,16). The number of hydrogen-bond donors (Lipinski definition) is 1. The van der Waals surface area contributed by atoms with E-state index in [1.165, 1.54) is 0 Å². The highest BCUT2D eigenvalue weighted by Crippen LogP contribution is 2.33. The van der Waals surface area contributed by atoms with Crippen molar-refractivity contribution >= 4 is 11.6 Å². The molecule has 2 heterocycles. The van der Waals surface area contributed by atoms with Crippen molar-refractivity contribution in [2.45, 2.75) is 6.10 Å². The number of aromatic nitrogens is 1. The van der Waals surface area contributed by atoms with Gasteiger partial charge in [-0.1, -0.05) is 18.2 Å². The van der Waals surface area contributed by atoms with Gasteiger partial charge in [0.15, 0.2) is 0 Å². The summed E-state index contributed by atoms with van der Waals surface area (Å²) >= 11 is 0. The Bertz CT molecular complexity index is 554. The zero-order valence-electron chi connectivity index (χ0n) is 8.96. The summed E-state index contributed by atoms with van der Waals surface area (Å²) in [5.74, 6) is 0.477. The van der Waals surface area contributed by atoms with E-state index in [-0.39, 0.29) is 5.91 Å². The maximum atomic E-state index is 11.9. The summed E-state index contributed by atoms with van der Waals surface area (Å²) in [5.41, 5.74) is 1.31. The zero-order chi connectivity index (χ0) is 11.7. The average Bonchev–Trinajstić information content (AvgIpc) is 2.39. The number of fused-ring (bicyclic) bond motifs is 1. The van der Waals surface area contributed by atoms with E-state index >= 15 is 0 Å². The van der Waals surface area contributed by atoms with Gasteiger partial charge in [0, 0.05) is 6.20 Å². The van der Waals surface area contributed by atoms with E-state index in [2.05, 4.69) is 10.3 Å². The molecule has 0 spiro atoms. The lowest BCUT2D eigenvalue weighted by molar-refractivity contribution is -0.123. The van der Waals surface area contributed by atoms with Crippen LogP contribution in [-0.2, 0) is 4.79 Å². The van der Waals surface area contributed by atoms with Crippen LogP contribution in [0.1, 0.15) is 11.8 Å². The fourth-order valence-electron chi connectivity index (χ4n) is 1.78. The second-order valence-corrected chi connectivity index (χ2v) is 3.74. The predicted molar refractivity (Wildman–Crippen MR) is 62.7 cm³/mol. The van der Waals surface area contributed by atoms with E-state index in [0.717, 1.165) is 0 Å². The van der Waals surface area contributed by atoms with Crippen LogP contribution >= 0.6 is 0 Å². The Morgan fingerprint density at radius 2 is 1.94 bits per heavy atom. The summed E-state index contributed by atoms with van der Waals surface area (Å²) in [6.45, 7) is 0. The highest BCUT2D eigenvalue weighted by Gasteiger charge is 2.29. The van der Waals surface area contributed by atoms with Gasteiger partial charge < -0.3 is 10.1 Å². The molecular formula is C13H10N2O2. The number of para-hydroxylation sites is 2. The van der Waals surface area contributed by atoms with Crippen LogP contribution < -0.4 is 10.1 Å². The van der Waals surface area contributed by atoms with Gasteiger partial charge >= 0.3 is 0 Å². The molecule has 1 aromatic carbocycles. The molecule has 0 aliphatic carbocycles. The third-order valence-corrected chi connectivity index (χ3v) is 2.58. The number of carbonyl (C=O) groups is 1. The van der Waals surface area contributed by atoms with E-state index < -0.39 is 6.10 Å². The topological polar surface area (TPSA) is 51.2 Å². The SMILES string of the molecule is O=C1Nc2ccccc2OC1c1ccccn1.